The SMILES string of the molecule is CC=S(C)CCOCn1ncc(-c2nnc(S(C)(=O)=O)n2C)cc1=O. The van der Waals surface area contributed by atoms with E-state index in [-0.39, 0.29) is 33.8 Å². The highest BCUT2D eigenvalue weighted by Gasteiger charge is 2.19. The van der Waals surface area contributed by atoms with E-state index in [2.05, 4.69) is 26.9 Å². The minimum absolute atomic E-state index is 0.0629. The number of aromatic nitrogens is 5. The number of hydrogen-bond donors (Lipinski definition) is 0. The van der Waals surface area contributed by atoms with Crippen LogP contribution in [-0.2, 0) is 28.4 Å². The third kappa shape index (κ3) is 4.83. The lowest BCUT2D eigenvalue weighted by Crippen LogP contribution is -2.24. The Kier molecular flexibility index (Phi) is 6.25. The lowest BCUT2D eigenvalue weighted by Gasteiger charge is -2.08. The lowest BCUT2D eigenvalue weighted by molar-refractivity contribution is 0.0775. The molecule has 0 saturated heterocycles. The first kappa shape index (κ1) is 19.5. The average molecular weight is 387 g/mol. The standard InChI is InChI=1S/C14H21N5O4S2/c1-5-24(3)7-6-23-10-19-12(20)8-11(9-15-19)13-16-17-14(18(13)2)25(4,21)22/h5,8-9H,6-7,10H2,1-4H3. The molecule has 0 amide bonds. The van der Waals surface area contributed by atoms with Crippen LogP contribution < -0.4 is 5.56 Å². The Morgan fingerprint density at radius 3 is 2.64 bits per heavy atom. The second-order valence-electron chi connectivity index (χ2n) is 5.39. The molecule has 138 valence electrons. The molecule has 2 heterocycles. The van der Waals surface area contributed by atoms with E-state index in [1.807, 2.05) is 6.92 Å². The molecule has 0 fully saturated rings. The molecule has 11 heteroatoms. The van der Waals surface area contributed by atoms with Crippen molar-refractivity contribution in [3.05, 3.63) is 22.6 Å². The fourth-order valence-corrected chi connectivity index (χ4v) is 3.39. The van der Waals surface area contributed by atoms with E-state index in [9.17, 15) is 13.2 Å². The zero-order chi connectivity index (χ0) is 18.6. The molecule has 2 aromatic heterocycles. The molecule has 0 spiro atoms. The quantitative estimate of drug-likeness (QED) is 0.491. The second-order valence-corrected chi connectivity index (χ2v) is 9.56. The van der Waals surface area contributed by atoms with E-state index in [1.54, 1.807) is 0 Å². The fraction of sp³-hybridized carbons (Fsp3) is 0.500. The van der Waals surface area contributed by atoms with E-state index in [1.165, 1.54) is 28.6 Å². The van der Waals surface area contributed by atoms with Crippen molar-refractivity contribution < 1.29 is 13.2 Å². The highest BCUT2D eigenvalue weighted by Crippen LogP contribution is 2.16. The maximum Gasteiger partial charge on any atom is 0.269 e. The first-order valence-corrected chi connectivity index (χ1v) is 11.1. The van der Waals surface area contributed by atoms with Crippen molar-refractivity contribution in [2.24, 2.45) is 7.05 Å². The molecule has 0 N–H and O–H groups in total. The lowest BCUT2D eigenvalue weighted by atomic mass is 10.3. The van der Waals surface area contributed by atoms with Gasteiger partial charge in [-0.15, -0.1) is 10.2 Å². The van der Waals surface area contributed by atoms with Gasteiger partial charge in [-0.2, -0.15) is 15.6 Å². The third-order valence-corrected chi connectivity index (χ3v) is 6.09. The fourth-order valence-electron chi connectivity index (χ4n) is 2.00. The van der Waals surface area contributed by atoms with Gasteiger partial charge in [0.25, 0.3) is 5.56 Å². The van der Waals surface area contributed by atoms with Crippen LogP contribution in [0.2, 0.25) is 0 Å². The summed E-state index contributed by atoms with van der Waals surface area (Å²) in [7, 11) is -1.78. The number of hydrogen-bond acceptors (Lipinski definition) is 7. The summed E-state index contributed by atoms with van der Waals surface area (Å²) < 4.78 is 31.2. The first-order chi connectivity index (χ1) is 11.7. The molecular formula is C14H21N5O4S2. The number of sulfone groups is 1. The third-order valence-electron chi connectivity index (χ3n) is 3.46. The van der Waals surface area contributed by atoms with Gasteiger partial charge >= 0.3 is 0 Å². The van der Waals surface area contributed by atoms with Crippen LogP contribution in [0, 0.1) is 0 Å². The van der Waals surface area contributed by atoms with Crippen LogP contribution in [0.25, 0.3) is 11.4 Å². The van der Waals surface area contributed by atoms with Crippen LogP contribution in [0.3, 0.4) is 0 Å². The Morgan fingerprint density at radius 1 is 1.36 bits per heavy atom. The van der Waals surface area contributed by atoms with Gasteiger partial charge in [0.05, 0.1) is 12.8 Å². The van der Waals surface area contributed by atoms with Gasteiger partial charge in [0.1, 0.15) is 6.73 Å². The van der Waals surface area contributed by atoms with Crippen LogP contribution in [0.1, 0.15) is 6.92 Å². The first-order valence-electron chi connectivity index (χ1n) is 7.39. The van der Waals surface area contributed by atoms with Gasteiger partial charge in [-0.1, -0.05) is 5.37 Å². The van der Waals surface area contributed by atoms with Gasteiger partial charge in [-0.05, 0) is 13.2 Å². The second kappa shape index (κ2) is 8.02. The van der Waals surface area contributed by atoms with Crippen molar-refractivity contribution in [2.75, 3.05) is 24.9 Å². The van der Waals surface area contributed by atoms with Gasteiger partial charge in [0, 0.05) is 30.7 Å². The zero-order valence-electron chi connectivity index (χ0n) is 14.5. The molecule has 1 atom stereocenters. The van der Waals surface area contributed by atoms with Crippen LogP contribution in [0.15, 0.2) is 22.2 Å². The Morgan fingerprint density at radius 2 is 2.08 bits per heavy atom. The molecule has 0 aliphatic rings. The smallest absolute Gasteiger partial charge is 0.269 e. The summed E-state index contributed by atoms with van der Waals surface area (Å²) in [5, 5.41) is 13.5. The number of rotatable bonds is 7. The Hall–Kier alpha value is -1.85. The number of ether oxygens (including phenoxy) is 1. The molecular weight excluding hydrogens is 366 g/mol. The van der Waals surface area contributed by atoms with E-state index < -0.39 is 9.84 Å². The molecule has 25 heavy (non-hydrogen) atoms. The zero-order valence-corrected chi connectivity index (χ0v) is 16.2. The highest BCUT2D eigenvalue weighted by molar-refractivity contribution is 8.14. The predicted octanol–water partition coefficient (Wildman–Crippen LogP) is 0.137. The average Bonchev–Trinajstić information content (AvgIpc) is 2.94. The largest absolute Gasteiger partial charge is 0.358 e. The summed E-state index contributed by atoms with van der Waals surface area (Å²) in [6.45, 7) is 2.61. The van der Waals surface area contributed by atoms with E-state index in [0.29, 0.717) is 12.2 Å². The Bertz CT molecular complexity index is 946. The van der Waals surface area contributed by atoms with Crippen LogP contribution in [0.4, 0.5) is 0 Å². The van der Waals surface area contributed by atoms with Gasteiger partial charge in [-0.25, -0.2) is 13.1 Å². The van der Waals surface area contributed by atoms with Gasteiger partial charge in [0.15, 0.2) is 5.82 Å². The Balaban J connectivity index is 2.15. The summed E-state index contributed by atoms with van der Waals surface area (Å²) in [6, 6.07) is 1.33. The van der Waals surface area contributed by atoms with Crippen LogP contribution in [-0.4, -0.2) is 63.2 Å². The van der Waals surface area contributed by atoms with E-state index in [4.69, 9.17) is 4.74 Å². The van der Waals surface area contributed by atoms with E-state index >= 15 is 0 Å². The van der Waals surface area contributed by atoms with Crippen LogP contribution >= 0.6 is 10.5 Å². The molecule has 2 aromatic rings. The molecule has 9 nitrogen and oxygen atoms in total. The predicted molar refractivity (Wildman–Crippen MR) is 97.7 cm³/mol. The van der Waals surface area contributed by atoms with Crippen LogP contribution in [0.5, 0.6) is 0 Å². The minimum Gasteiger partial charge on any atom is -0.358 e. The summed E-state index contributed by atoms with van der Waals surface area (Å²) in [6.07, 6.45) is 4.60. The van der Waals surface area contributed by atoms with Crippen molar-refractivity contribution in [2.45, 2.75) is 18.8 Å². The van der Waals surface area contributed by atoms with Crippen molar-refractivity contribution in [1.82, 2.24) is 24.5 Å². The Labute approximate surface area is 148 Å². The van der Waals surface area contributed by atoms with Gasteiger partial charge in [0.2, 0.25) is 15.0 Å². The molecule has 0 radical (unpaired) electrons. The maximum absolute atomic E-state index is 12.2. The summed E-state index contributed by atoms with van der Waals surface area (Å²) in [5.74, 6) is 1.16. The molecule has 1 unspecified atom stereocenters. The normalized spacial score (nSPS) is 13.3. The monoisotopic (exact) mass is 387 g/mol. The van der Waals surface area contributed by atoms with Crippen molar-refractivity contribution in [3.8, 4) is 11.4 Å². The number of nitrogens with zero attached hydrogens (tertiary/aromatic N) is 5. The molecule has 0 aromatic carbocycles. The van der Waals surface area contributed by atoms with Gasteiger partial charge in [-0.3, -0.25) is 4.79 Å². The minimum atomic E-state index is -3.50. The molecule has 0 bridgehead atoms. The summed E-state index contributed by atoms with van der Waals surface area (Å²) in [4.78, 5) is 12.2. The van der Waals surface area contributed by atoms with Crippen molar-refractivity contribution in [1.29, 1.82) is 0 Å². The molecule has 0 aliphatic heterocycles. The topological polar surface area (TPSA) is 109 Å². The molecule has 0 aliphatic carbocycles. The highest BCUT2D eigenvalue weighted by atomic mass is 32.2. The summed E-state index contributed by atoms with van der Waals surface area (Å²) in [5.41, 5.74) is 0.0285. The maximum atomic E-state index is 12.2. The molecule has 0 saturated carbocycles. The van der Waals surface area contributed by atoms with Crippen molar-refractivity contribution >= 4 is 25.7 Å². The van der Waals surface area contributed by atoms with E-state index in [0.717, 1.165) is 12.0 Å². The van der Waals surface area contributed by atoms with Gasteiger partial charge < -0.3 is 9.30 Å². The van der Waals surface area contributed by atoms with Crippen molar-refractivity contribution in [3.63, 3.8) is 0 Å². The summed E-state index contributed by atoms with van der Waals surface area (Å²) >= 11 is 0. The molecule has 2 rings (SSSR count).